The van der Waals surface area contributed by atoms with Gasteiger partial charge in [-0.25, -0.2) is 15.3 Å². The Morgan fingerprint density at radius 1 is 1.57 bits per heavy atom. The van der Waals surface area contributed by atoms with Crippen molar-refractivity contribution in [2.75, 3.05) is 7.11 Å². The Kier molecular flexibility index (Phi) is 7.23. The number of oxime groups is 1. The third kappa shape index (κ3) is 5.05. The molecule has 7 nitrogen and oxygen atoms in total. The lowest BCUT2D eigenvalue weighted by Gasteiger charge is -2.13. The van der Waals surface area contributed by atoms with Crippen LogP contribution in [0.4, 0.5) is 4.39 Å². The Balaban J connectivity index is 3.11. The zero-order chi connectivity index (χ0) is 15.8. The summed E-state index contributed by atoms with van der Waals surface area (Å²) in [7, 11) is 1.33. The lowest BCUT2D eigenvalue weighted by atomic mass is 10.2. The number of amidine groups is 1. The molecule has 1 aliphatic carbocycles. The minimum atomic E-state index is -0.677. The normalized spacial score (nSPS) is 18.3. The van der Waals surface area contributed by atoms with Gasteiger partial charge in [-0.2, -0.15) is 0 Å². The van der Waals surface area contributed by atoms with Gasteiger partial charge in [-0.05, 0) is 35.0 Å². The maximum atomic E-state index is 13.4. The van der Waals surface area contributed by atoms with Gasteiger partial charge in [-0.1, -0.05) is 11.2 Å². The van der Waals surface area contributed by atoms with Gasteiger partial charge in [0.15, 0.2) is 11.5 Å². The van der Waals surface area contributed by atoms with E-state index in [1.165, 1.54) is 19.3 Å². The molecule has 0 aromatic carbocycles. The van der Waals surface area contributed by atoms with Gasteiger partial charge in [0, 0.05) is 16.6 Å². The molecule has 0 saturated heterocycles. The number of nitrogens with one attached hydrogen (secondary N) is 1. The second-order valence-electron chi connectivity index (χ2n) is 3.94. The van der Waals surface area contributed by atoms with Gasteiger partial charge in [0.1, 0.15) is 19.0 Å². The summed E-state index contributed by atoms with van der Waals surface area (Å²) in [5, 5.41) is 12.9. The molecule has 0 saturated carbocycles. The van der Waals surface area contributed by atoms with Crippen molar-refractivity contribution in [2.24, 2.45) is 16.0 Å². The minimum absolute atomic E-state index is 0.0127. The van der Waals surface area contributed by atoms with Gasteiger partial charge in [0.25, 0.3) is 0 Å². The Labute approximate surface area is 129 Å². The standard InChI is InChI=1S/C12H16BrFN4O3/c1-7(21-15)11(18-20-2)12(17-19)16-8-3-5-9(13)10(14)6-4-8/h4-7,19H,3,15H2,1-2H3,(H,16,17)/b18-11+/t7-/m1/s1. The molecule has 4 N–H and O–H groups in total. The molecule has 1 rings (SSSR count). The third-order valence-corrected chi connectivity index (χ3v) is 3.23. The van der Waals surface area contributed by atoms with E-state index in [-0.39, 0.29) is 11.5 Å². The molecule has 0 radical (unpaired) electrons. The van der Waals surface area contributed by atoms with Crippen LogP contribution in [0.2, 0.25) is 0 Å². The van der Waals surface area contributed by atoms with E-state index in [0.29, 0.717) is 16.6 Å². The highest BCUT2D eigenvalue weighted by Crippen LogP contribution is 2.24. The van der Waals surface area contributed by atoms with Gasteiger partial charge in [0.05, 0.1) is 0 Å². The lowest BCUT2D eigenvalue weighted by Crippen LogP contribution is -2.38. The first kappa shape index (κ1) is 17.5. The first-order chi connectivity index (χ1) is 10.0. The average molecular weight is 363 g/mol. The van der Waals surface area contributed by atoms with Crippen molar-refractivity contribution >= 4 is 27.5 Å². The zero-order valence-corrected chi connectivity index (χ0v) is 13.1. The van der Waals surface area contributed by atoms with Crippen molar-refractivity contribution in [1.82, 2.24) is 5.48 Å². The molecule has 1 aliphatic rings. The van der Waals surface area contributed by atoms with Gasteiger partial charge < -0.3 is 4.84 Å². The van der Waals surface area contributed by atoms with E-state index >= 15 is 0 Å². The van der Waals surface area contributed by atoms with E-state index < -0.39 is 11.9 Å². The van der Waals surface area contributed by atoms with Crippen molar-refractivity contribution in [3.8, 4) is 0 Å². The Morgan fingerprint density at radius 3 is 2.86 bits per heavy atom. The van der Waals surface area contributed by atoms with E-state index in [2.05, 4.69) is 35.8 Å². The summed E-state index contributed by atoms with van der Waals surface area (Å²) < 4.78 is 13.7. The van der Waals surface area contributed by atoms with E-state index in [1.807, 2.05) is 5.48 Å². The second-order valence-corrected chi connectivity index (χ2v) is 4.79. The molecule has 0 heterocycles. The monoisotopic (exact) mass is 362 g/mol. The fourth-order valence-electron chi connectivity index (χ4n) is 1.45. The Bertz CT molecular complexity index is 529. The van der Waals surface area contributed by atoms with Crippen LogP contribution in [0.3, 0.4) is 0 Å². The number of hydrogen-bond donors (Lipinski definition) is 3. The summed E-state index contributed by atoms with van der Waals surface area (Å²) in [6.45, 7) is 1.60. The molecule has 116 valence electrons. The molecule has 0 fully saturated rings. The first-order valence-corrected chi connectivity index (χ1v) is 6.70. The summed E-state index contributed by atoms with van der Waals surface area (Å²) in [4.78, 5) is 13.5. The van der Waals surface area contributed by atoms with Crippen LogP contribution in [0, 0.1) is 0 Å². The van der Waals surface area contributed by atoms with Crippen LogP contribution in [0.5, 0.6) is 0 Å². The van der Waals surface area contributed by atoms with Gasteiger partial charge >= 0.3 is 0 Å². The highest BCUT2D eigenvalue weighted by atomic mass is 79.9. The van der Waals surface area contributed by atoms with E-state index in [0.717, 1.165) is 0 Å². The van der Waals surface area contributed by atoms with Crippen LogP contribution < -0.4 is 11.4 Å². The zero-order valence-electron chi connectivity index (χ0n) is 11.5. The number of allylic oxidation sites excluding steroid dienone is 5. The number of nitrogens with two attached hydrogens (primary N) is 1. The van der Waals surface area contributed by atoms with Gasteiger partial charge in [0.2, 0.25) is 0 Å². The largest absolute Gasteiger partial charge is 0.399 e. The summed E-state index contributed by atoms with van der Waals surface area (Å²) >= 11 is 3.09. The van der Waals surface area contributed by atoms with Crippen LogP contribution in [0.1, 0.15) is 13.3 Å². The number of hydroxylamine groups is 1. The number of rotatable bonds is 5. The summed E-state index contributed by atoms with van der Waals surface area (Å²) in [5.74, 6) is 4.67. The van der Waals surface area contributed by atoms with E-state index in [9.17, 15) is 9.60 Å². The fourth-order valence-corrected chi connectivity index (χ4v) is 1.74. The highest BCUT2D eigenvalue weighted by Gasteiger charge is 2.19. The second kappa shape index (κ2) is 8.67. The summed E-state index contributed by atoms with van der Waals surface area (Å²) in [5.41, 5.74) is 2.55. The van der Waals surface area contributed by atoms with E-state index in [4.69, 9.17) is 5.90 Å². The average Bonchev–Trinajstić information content (AvgIpc) is 2.65. The highest BCUT2D eigenvalue weighted by molar-refractivity contribution is 9.11. The third-order valence-electron chi connectivity index (χ3n) is 2.52. The number of halogens is 2. The van der Waals surface area contributed by atoms with Gasteiger partial charge in [-0.15, -0.1) is 0 Å². The molecule has 21 heavy (non-hydrogen) atoms. The molecular weight excluding hydrogens is 347 g/mol. The molecular formula is C12H16BrFN4O3. The molecule has 0 aliphatic heterocycles. The molecule has 0 aromatic heterocycles. The summed E-state index contributed by atoms with van der Waals surface area (Å²) in [6.07, 6.45) is 4.03. The SMILES string of the molecule is CO/N=C(/C(=NC1=CC=C(F)C(Br)=CC1)NO)[C@@H](C)ON. The smallest absolute Gasteiger partial charge is 0.178 e. The predicted octanol–water partition coefficient (Wildman–Crippen LogP) is 2.06. The molecule has 0 amide bonds. The van der Waals surface area contributed by atoms with Crippen LogP contribution in [-0.2, 0) is 9.68 Å². The van der Waals surface area contributed by atoms with E-state index in [1.54, 1.807) is 13.0 Å². The number of nitrogens with zero attached hydrogens (tertiary/aromatic N) is 2. The number of hydrogen-bond acceptors (Lipinski definition) is 6. The van der Waals surface area contributed by atoms with Crippen LogP contribution >= 0.6 is 15.9 Å². The van der Waals surface area contributed by atoms with Crippen molar-refractivity contribution in [3.63, 3.8) is 0 Å². The fraction of sp³-hybridized carbons (Fsp3) is 0.333. The van der Waals surface area contributed by atoms with Crippen molar-refractivity contribution in [2.45, 2.75) is 19.4 Å². The number of aliphatic imine (C=N–C) groups is 1. The van der Waals surface area contributed by atoms with Crippen LogP contribution in [0.15, 0.2) is 44.4 Å². The maximum Gasteiger partial charge on any atom is 0.178 e. The Hall–Kier alpha value is -1.55. The van der Waals surface area contributed by atoms with Crippen molar-refractivity contribution < 1.29 is 19.3 Å². The van der Waals surface area contributed by atoms with Crippen molar-refractivity contribution in [3.05, 3.63) is 34.2 Å². The van der Waals surface area contributed by atoms with Crippen molar-refractivity contribution in [1.29, 1.82) is 0 Å². The Morgan fingerprint density at radius 2 is 2.29 bits per heavy atom. The predicted molar refractivity (Wildman–Crippen MR) is 80.4 cm³/mol. The lowest BCUT2D eigenvalue weighted by molar-refractivity contribution is 0.107. The molecule has 0 unspecified atom stereocenters. The molecule has 1 atom stereocenters. The molecule has 0 bridgehead atoms. The first-order valence-electron chi connectivity index (χ1n) is 5.91. The molecule has 0 spiro atoms. The maximum absolute atomic E-state index is 13.4. The van der Waals surface area contributed by atoms with Crippen LogP contribution in [-0.4, -0.2) is 30.0 Å². The van der Waals surface area contributed by atoms with Gasteiger partial charge in [-0.3, -0.25) is 15.5 Å². The minimum Gasteiger partial charge on any atom is -0.399 e. The quantitative estimate of drug-likeness (QED) is 0.394. The molecule has 9 heteroatoms. The summed E-state index contributed by atoms with van der Waals surface area (Å²) in [6, 6.07) is 0. The molecule has 0 aromatic rings. The topological polar surface area (TPSA) is 101 Å². The van der Waals surface area contributed by atoms with Crippen LogP contribution in [0.25, 0.3) is 0 Å².